The first-order valence-corrected chi connectivity index (χ1v) is 5.58. The van der Waals surface area contributed by atoms with Crippen LogP contribution in [0.3, 0.4) is 0 Å². The SMILES string of the molecule is Fc1cc2c(cc1C(F)(F)F)C1CNCC2C1. The van der Waals surface area contributed by atoms with E-state index in [2.05, 4.69) is 5.32 Å². The van der Waals surface area contributed by atoms with Crippen LogP contribution in [0.25, 0.3) is 0 Å². The highest BCUT2D eigenvalue weighted by atomic mass is 19.4. The summed E-state index contributed by atoms with van der Waals surface area (Å²) in [6, 6.07) is 2.08. The number of nitrogens with one attached hydrogen (secondary N) is 1. The van der Waals surface area contributed by atoms with Crippen LogP contribution in [0.1, 0.15) is 34.9 Å². The fourth-order valence-corrected chi connectivity index (χ4v) is 2.95. The van der Waals surface area contributed by atoms with Gasteiger partial charge in [0.15, 0.2) is 0 Å². The van der Waals surface area contributed by atoms with Crippen molar-refractivity contribution in [2.45, 2.75) is 24.4 Å². The van der Waals surface area contributed by atoms with Gasteiger partial charge in [-0.3, -0.25) is 0 Å². The van der Waals surface area contributed by atoms with E-state index >= 15 is 0 Å². The summed E-state index contributed by atoms with van der Waals surface area (Å²) >= 11 is 0. The van der Waals surface area contributed by atoms with Gasteiger partial charge < -0.3 is 5.32 Å². The molecule has 1 aromatic rings. The lowest BCUT2D eigenvalue weighted by Gasteiger charge is -2.19. The monoisotopic (exact) mass is 245 g/mol. The van der Waals surface area contributed by atoms with E-state index in [4.69, 9.17) is 0 Å². The minimum atomic E-state index is -4.61. The predicted octanol–water partition coefficient (Wildman–Crippen LogP) is 3.02. The molecule has 1 fully saturated rings. The Morgan fingerprint density at radius 3 is 2.24 bits per heavy atom. The molecule has 0 amide bonds. The zero-order valence-electron chi connectivity index (χ0n) is 8.94. The van der Waals surface area contributed by atoms with Gasteiger partial charge in [0.25, 0.3) is 0 Å². The summed E-state index contributed by atoms with van der Waals surface area (Å²) in [6.45, 7) is 1.42. The second kappa shape index (κ2) is 3.45. The van der Waals surface area contributed by atoms with Gasteiger partial charge in [-0.25, -0.2) is 4.39 Å². The van der Waals surface area contributed by atoms with Crippen molar-refractivity contribution in [2.75, 3.05) is 13.1 Å². The van der Waals surface area contributed by atoms with Gasteiger partial charge in [0.1, 0.15) is 5.82 Å². The van der Waals surface area contributed by atoms with Gasteiger partial charge in [-0.15, -0.1) is 0 Å². The molecule has 1 aromatic carbocycles. The van der Waals surface area contributed by atoms with E-state index in [1.165, 1.54) is 0 Å². The maximum absolute atomic E-state index is 13.5. The molecule has 1 N–H and O–H groups in total. The highest BCUT2D eigenvalue weighted by Gasteiger charge is 2.40. The summed E-state index contributed by atoms with van der Waals surface area (Å²) in [4.78, 5) is 0. The van der Waals surface area contributed by atoms with Crippen molar-refractivity contribution in [1.29, 1.82) is 0 Å². The average molecular weight is 245 g/mol. The quantitative estimate of drug-likeness (QED) is 0.693. The summed E-state index contributed by atoms with van der Waals surface area (Å²) in [5, 5.41) is 3.17. The van der Waals surface area contributed by atoms with Crippen molar-refractivity contribution in [3.05, 3.63) is 34.6 Å². The lowest BCUT2D eigenvalue weighted by molar-refractivity contribution is -0.140. The third-order valence-corrected chi connectivity index (χ3v) is 3.71. The molecule has 1 heterocycles. The fraction of sp³-hybridized carbons (Fsp3) is 0.500. The Hall–Kier alpha value is -1.10. The van der Waals surface area contributed by atoms with Gasteiger partial charge in [0, 0.05) is 13.1 Å². The number of benzene rings is 1. The molecule has 2 aliphatic rings. The Morgan fingerprint density at radius 1 is 1.06 bits per heavy atom. The smallest absolute Gasteiger partial charge is 0.316 e. The van der Waals surface area contributed by atoms with Crippen molar-refractivity contribution >= 4 is 0 Å². The molecule has 92 valence electrons. The van der Waals surface area contributed by atoms with Gasteiger partial charge in [-0.1, -0.05) is 0 Å². The van der Waals surface area contributed by atoms with Crippen LogP contribution in [-0.2, 0) is 6.18 Å². The zero-order chi connectivity index (χ0) is 12.2. The Kier molecular flexibility index (Phi) is 2.23. The Bertz CT molecular complexity index is 466. The molecular weight excluding hydrogens is 234 g/mol. The molecule has 0 saturated carbocycles. The van der Waals surface area contributed by atoms with Gasteiger partial charge in [-0.05, 0) is 41.5 Å². The fourth-order valence-electron chi connectivity index (χ4n) is 2.95. The number of rotatable bonds is 0. The Morgan fingerprint density at radius 2 is 1.65 bits per heavy atom. The molecule has 5 heteroatoms. The summed E-state index contributed by atoms with van der Waals surface area (Å²) in [6.07, 6.45) is -3.77. The number of halogens is 4. The molecule has 1 aliphatic heterocycles. The summed E-state index contributed by atoms with van der Waals surface area (Å²) in [5.41, 5.74) is 0.294. The first kappa shape index (κ1) is 11.0. The number of fused-ring (bicyclic) bond motifs is 5. The van der Waals surface area contributed by atoms with Crippen LogP contribution in [-0.4, -0.2) is 13.1 Å². The van der Waals surface area contributed by atoms with Crippen molar-refractivity contribution < 1.29 is 17.6 Å². The van der Waals surface area contributed by atoms with Crippen LogP contribution in [0.2, 0.25) is 0 Å². The molecule has 3 rings (SSSR count). The van der Waals surface area contributed by atoms with Crippen molar-refractivity contribution in [1.82, 2.24) is 5.32 Å². The topological polar surface area (TPSA) is 12.0 Å². The standard InChI is InChI=1S/C12H11F4N/c13-11-3-9-7-1-6(4-17-5-7)8(9)2-10(11)12(14,15)16/h2-3,6-7,17H,1,4-5H2. The van der Waals surface area contributed by atoms with Gasteiger partial charge >= 0.3 is 6.18 Å². The molecule has 17 heavy (non-hydrogen) atoms. The van der Waals surface area contributed by atoms with E-state index in [0.29, 0.717) is 12.1 Å². The highest BCUT2D eigenvalue weighted by molar-refractivity contribution is 5.44. The third kappa shape index (κ3) is 1.64. The second-order valence-corrected chi connectivity index (χ2v) is 4.75. The second-order valence-electron chi connectivity index (χ2n) is 4.75. The van der Waals surface area contributed by atoms with Crippen molar-refractivity contribution in [3.8, 4) is 0 Å². The van der Waals surface area contributed by atoms with E-state index in [-0.39, 0.29) is 11.8 Å². The van der Waals surface area contributed by atoms with E-state index in [0.717, 1.165) is 30.7 Å². The molecule has 1 saturated heterocycles. The molecule has 1 aliphatic carbocycles. The van der Waals surface area contributed by atoms with Crippen LogP contribution in [0.4, 0.5) is 17.6 Å². The zero-order valence-corrected chi connectivity index (χ0v) is 8.94. The van der Waals surface area contributed by atoms with Crippen LogP contribution < -0.4 is 5.32 Å². The predicted molar refractivity (Wildman–Crippen MR) is 54.4 cm³/mol. The molecule has 1 nitrogen and oxygen atoms in total. The third-order valence-electron chi connectivity index (χ3n) is 3.71. The number of hydrogen-bond acceptors (Lipinski definition) is 1. The lowest BCUT2D eigenvalue weighted by atomic mass is 9.98. The van der Waals surface area contributed by atoms with E-state index in [1.54, 1.807) is 0 Å². The van der Waals surface area contributed by atoms with Crippen molar-refractivity contribution in [3.63, 3.8) is 0 Å². The molecule has 0 spiro atoms. The maximum Gasteiger partial charge on any atom is 0.419 e. The van der Waals surface area contributed by atoms with Gasteiger partial charge in [0.05, 0.1) is 5.56 Å². The summed E-state index contributed by atoms with van der Waals surface area (Å²) in [5.74, 6) is -0.880. The average Bonchev–Trinajstić information content (AvgIpc) is 2.48. The largest absolute Gasteiger partial charge is 0.419 e. The summed E-state index contributed by atoms with van der Waals surface area (Å²) < 4.78 is 51.3. The van der Waals surface area contributed by atoms with Crippen LogP contribution in [0.5, 0.6) is 0 Å². The van der Waals surface area contributed by atoms with Crippen LogP contribution >= 0.6 is 0 Å². The molecule has 2 bridgehead atoms. The minimum Gasteiger partial charge on any atom is -0.316 e. The molecule has 0 radical (unpaired) electrons. The molecular formula is C12H11F4N. The lowest BCUT2D eigenvalue weighted by Crippen LogP contribution is -2.28. The maximum atomic E-state index is 13.5. The Labute approximate surface area is 95.8 Å². The minimum absolute atomic E-state index is 0.102. The summed E-state index contributed by atoms with van der Waals surface area (Å²) in [7, 11) is 0. The van der Waals surface area contributed by atoms with Crippen LogP contribution in [0, 0.1) is 5.82 Å². The van der Waals surface area contributed by atoms with E-state index in [1.807, 2.05) is 0 Å². The molecule has 2 unspecified atom stereocenters. The van der Waals surface area contributed by atoms with E-state index < -0.39 is 17.6 Å². The van der Waals surface area contributed by atoms with Crippen LogP contribution in [0.15, 0.2) is 12.1 Å². The highest BCUT2D eigenvalue weighted by Crippen LogP contribution is 2.46. The number of piperidine rings is 1. The molecule has 2 atom stereocenters. The Balaban J connectivity index is 2.14. The van der Waals surface area contributed by atoms with E-state index in [9.17, 15) is 17.6 Å². The molecule has 0 aromatic heterocycles. The first-order valence-electron chi connectivity index (χ1n) is 5.58. The first-order chi connectivity index (χ1) is 7.97. The van der Waals surface area contributed by atoms with Gasteiger partial charge in [0.2, 0.25) is 0 Å². The number of hydrogen-bond donors (Lipinski definition) is 1. The van der Waals surface area contributed by atoms with Crippen molar-refractivity contribution in [2.24, 2.45) is 0 Å². The van der Waals surface area contributed by atoms with Gasteiger partial charge in [-0.2, -0.15) is 13.2 Å². The number of alkyl halides is 3. The normalized spacial score (nSPS) is 27.1.